The van der Waals surface area contributed by atoms with E-state index in [1.54, 1.807) is 0 Å². The van der Waals surface area contributed by atoms with Crippen LogP contribution < -0.4 is 5.32 Å². The van der Waals surface area contributed by atoms with Crippen LogP contribution in [-0.2, 0) is 0 Å². The summed E-state index contributed by atoms with van der Waals surface area (Å²) in [6, 6.07) is 0.860. The first-order valence-electron chi connectivity index (χ1n) is 7.20. The second kappa shape index (κ2) is 6.02. The quantitative estimate of drug-likeness (QED) is 0.722. The third-order valence-electron chi connectivity index (χ3n) is 4.13. The third-order valence-corrected chi connectivity index (χ3v) is 4.13. The van der Waals surface area contributed by atoms with Crippen LogP contribution in [0.1, 0.15) is 46.0 Å². The van der Waals surface area contributed by atoms with Crippen LogP contribution >= 0.6 is 0 Å². The van der Waals surface area contributed by atoms with E-state index in [-0.39, 0.29) is 0 Å². The van der Waals surface area contributed by atoms with Crippen LogP contribution in [0.4, 0.5) is 0 Å². The molecule has 2 aliphatic rings. The average Bonchev–Trinajstić information content (AvgIpc) is 2.13. The van der Waals surface area contributed by atoms with Crippen LogP contribution in [-0.4, -0.2) is 37.1 Å². The summed E-state index contributed by atoms with van der Waals surface area (Å²) in [6.45, 7) is 9.98. The zero-order valence-electron chi connectivity index (χ0n) is 11.0. The highest BCUT2D eigenvalue weighted by molar-refractivity contribution is 4.77. The average molecular weight is 224 g/mol. The maximum absolute atomic E-state index is 3.65. The van der Waals surface area contributed by atoms with E-state index in [4.69, 9.17) is 0 Å². The molecule has 1 saturated carbocycles. The number of hydrogen-bond acceptors (Lipinski definition) is 2. The van der Waals surface area contributed by atoms with Gasteiger partial charge in [-0.1, -0.05) is 20.3 Å². The Morgan fingerprint density at radius 1 is 1.12 bits per heavy atom. The molecule has 0 aromatic carbocycles. The Labute approximate surface area is 101 Å². The lowest BCUT2D eigenvalue weighted by atomic mass is 9.92. The van der Waals surface area contributed by atoms with Crippen molar-refractivity contribution in [2.24, 2.45) is 11.8 Å². The van der Waals surface area contributed by atoms with E-state index in [0.717, 1.165) is 17.9 Å². The van der Waals surface area contributed by atoms with Gasteiger partial charge in [-0.15, -0.1) is 0 Å². The predicted molar refractivity (Wildman–Crippen MR) is 69.6 cm³/mol. The number of nitrogens with zero attached hydrogens (tertiary/aromatic N) is 1. The maximum Gasteiger partial charge on any atom is 0.00670 e. The van der Waals surface area contributed by atoms with E-state index in [1.165, 1.54) is 58.3 Å². The lowest BCUT2D eigenvalue weighted by molar-refractivity contribution is 0.138. The standard InChI is InChI=1S/C14H28N2/c1-12-9-13(2)11-16(10-12)8-4-7-15-14-5-3-6-14/h12-15H,3-11H2,1-2H3. The highest BCUT2D eigenvalue weighted by Gasteiger charge is 2.21. The fraction of sp³-hybridized carbons (Fsp3) is 1.00. The normalized spacial score (nSPS) is 32.6. The molecule has 0 spiro atoms. The number of piperidine rings is 1. The fourth-order valence-corrected chi connectivity index (χ4v) is 3.20. The van der Waals surface area contributed by atoms with Crippen molar-refractivity contribution in [3.05, 3.63) is 0 Å². The van der Waals surface area contributed by atoms with Crippen LogP contribution in [0.3, 0.4) is 0 Å². The molecule has 94 valence electrons. The van der Waals surface area contributed by atoms with Crippen molar-refractivity contribution in [2.75, 3.05) is 26.2 Å². The molecule has 1 heterocycles. The van der Waals surface area contributed by atoms with Crippen molar-refractivity contribution in [3.8, 4) is 0 Å². The largest absolute Gasteiger partial charge is 0.314 e. The van der Waals surface area contributed by atoms with Gasteiger partial charge in [0.05, 0.1) is 0 Å². The Morgan fingerprint density at radius 2 is 1.81 bits per heavy atom. The molecule has 0 aromatic rings. The molecule has 2 nitrogen and oxygen atoms in total. The van der Waals surface area contributed by atoms with Gasteiger partial charge in [-0.2, -0.15) is 0 Å². The zero-order valence-corrected chi connectivity index (χ0v) is 11.0. The molecule has 0 bridgehead atoms. The van der Waals surface area contributed by atoms with E-state index in [9.17, 15) is 0 Å². The molecular weight excluding hydrogens is 196 g/mol. The summed E-state index contributed by atoms with van der Waals surface area (Å²) in [4.78, 5) is 2.67. The Morgan fingerprint density at radius 3 is 2.38 bits per heavy atom. The number of likely N-dealkylation sites (tertiary alicyclic amines) is 1. The van der Waals surface area contributed by atoms with Crippen LogP contribution in [0.25, 0.3) is 0 Å². The molecule has 1 aliphatic heterocycles. The smallest absolute Gasteiger partial charge is 0.00670 e. The maximum atomic E-state index is 3.65. The Bertz CT molecular complexity index is 191. The van der Waals surface area contributed by atoms with Gasteiger partial charge < -0.3 is 10.2 Å². The van der Waals surface area contributed by atoms with E-state index < -0.39 is 0 Å². The lowest BCUT2D eigenvalue weighted by Crippen LogP contribution is -2.41. The molecule has 1 N–H and O–H groups in total. The molecule has 2 unspecified atom stereocenters. The molecule has 0 radical (unpaired) electrons. The second-order valence-corrected chi connectivity index (χ2v) is 6.14. The molecular formula is C14H28N2. The van der Waals surface area contributed by atoms with Gasteiger partial charge in [0.25, 0.3) is 0 Å². The van der Waals surface area contributed by atoms with Crippen molar-refractivity contribution in [2.45, 2.75) is 52.0 Å². The molecule has 2 heteroatoms. The summed E-state index contributed by atoms with van der Waals surface area (Å²) < 4.78 is 0. The zero-order chi connectivity index (χ0) is 11.4. The SMILES string of the molecule is CC1CC(C)CN(CCCNC2CCC2)C1. The van der Waals surface area contributed by atoms with Gasteiger partial charge >= 0.3 is 0 Å². The summed E-state index contributed by atoms with van der Waals surface area (Å²) >= 11 is 0. The molecule has 16 heavy (non-hydrogen) atoms. The van der Waals surface area contributed by atoms with E-state index in [0.29, 0.717) is 0 Å². The predicted octanol–water partition coefficient (Wildman–Crippen LogP) is 2.50. The summed E-state index contributed by atoms with van der Waals surface area (Å²) in [5.41, 5.74) is 0. The van der Waals surface area contributed by atoms with Gasteiger partial charge in [0.2, 0.25) is 0 Å². The number of rotatable bonds is 5. The number of nitrogens with one attached hydrogen (secondary N) is 1. The first-order chi connectivity index (χ1) is 7.74. The van der Waals surface area contributed by atoms with Crippen molar-refractivity contribution >= 4 is 0 Å². The molecule has 0 amide bonds. The highest BCUT2D eigenvalue weighted by Crippen LogP contribution is 2.21. The van der Waals surface area contributed by atoms with Gasteiger partial charge in [0, 0.05) is 19.1 Å². The molecule has 2 atom stereocenters. The van der Waals surface area contributed by atoms with Crippen LogP contribution in [0.2, 0.25) is 0 Å². The molecule has 1 aliphatic carbocycles. The minimum absolute atomic E-state index is 0.860. The van der Waals surface area contributed by atoms with E-state index >= 15 is 0 Å². The van der Waals surface area contributed by atoms with Crippen molar-refractivity contribution in [1.29, 1.82) is 0 Å². The first-order valence-corrected chi connectivity index (χ1v) is 7.20. The minimum Gasteiger partial charge on any atom is -0.314 e. The summed E-state index contributed by atoms with van der Waals surface area (Å²) in [5.74, 6) is 1.81. The van der Waals surface area contributed by atoms with Gasteiger partial charge in [0.15, 0.2) is 0 Å². The Hall–Kier alpha value is -0.0800. The minimum atomic E-state index is 0.860. The van der Waals surface area contributed by atoms with Gasteiger partial charge in [-0.3, -0.25) is 0 Å². The fourth-order valence-electron chi connectivity index (χ4n) is 3.20. The molecule has 1 saturated heterocycles. The van der Waals surface area contributed by atoms with Crippen molar-refractivity contribution < 1.29 is 0 Å². The lowest BCUT2D eigenvalue weighted by Gasteiger charge is -2.35. The number of hydrogen-bond donors (Lipinski definition) is 1. The summed E-state index contributed by atoms with van der Waals surface area (Å²) in [6.07, 6.45) is 7.03. The van der Waals surface area contributed by atoms with Gasteiger partial charge in [-0.25, -0.2) is 0 Å². The highest BCUT2D eigenvalue weighted by atomic mass is 15.1. The molecule has 0 aromatic heterocycles. The summed E-state index contributed by atoms with van der Waals surface area (Å²) in [5, 5.41) is 3.65. The Kier molecular flexibility index (Phi) is 4.66. The first kappa shape index (κ1) is 12.4. The van der Waals surface area contributed by atoms with Gasteiger partial charge in [0.1, 0.15) is 0 Å². The van der Waals surface area contributed by atoms with Crippen molar-refractivity contribution in [3.63, 3.8) is 0 Å². The molecule has 2 fully saturated rings. The topological polar surface area (TPSA) is 15.3 Å². The monoisotopic (exact) mass is 224 g/mol. The summed E-state index contributed by atoms with van der Waals surface area (Å²) in [7, 11) is 0. The van der Waals surface area contributed by atoms with Gasteiger partial charge in [-0.05, 0) is 50.6 Å². The van der Waals surface area contributed by atoms with Crippen molar-refractivity contribution in [1.82, 2.24) is 10.2 Å². The second-order valence-electron chi connectivity index (χ2n) is 6.14. The third kappa shape index (κ3) is 3.74. The van der Waals surface area contributed by atoms with Crippen LogP contribution in [0, 0.1) is 11.8 Å². The van der Waals surface area contributed by atoms with Crippen LogP contribution in [0.5, 0.6) is 0 Å². The molecule has 2 rings (SSSR count). The van der Waals surface area contributed by atoms with E-state index in [2.05, 4.69) is 24.1 Å². The Balaban J connectivity index is 1.54. The van der Waals surface area contributed by atoms with Crippen LogP contribution in [0.15, 0.2) is 0 Å². The van der Waals surface area contributed by atoms with E-state index in [1.807, 2.05) is 0 Å².